The third kappa shape index (κ3) is 6.64. The first-order chi connectivity index (χ1) is 8.34. The van der Waals surface area contributed by atoms with Gasteiger partial charge in [0.15, 0.2) is 0 Å². The van der Waals surface area contributed by atoms with Gasteiger partial charge in [0.1, 0.15) is 0 Å². The van der Waals surface area contributed by atoms with E-state index < -0.39 is 0 Å². The molecule has 0 aromatic heterocycles. The molecule has 0 aliphatic carbocycles. The maximum atomic E-state index is 11.8. The highest BCUT2D eigenvalue weighted by Gasteiger charge is 2.15. The normalized spacial score (nSPS) is 16.2. The van der Waals surface area contributed by atoms with E-state index in [4.69, 9.17) is 4.74 Å². The Balaban J connectivity index is 1.92. The molecule has 0 unspecified atom stereocenters. The van der Waals surface area contributed by atoms with Gasteiger partial charge in [-0.15, -0.1) is 0 Å². The van der Waals surface area contributed by atoms with E-state index in [0.717, 1.165) is 45.8 Å². The lowest BCUT2D eigenvalue weighted by Crippen LogP contribution is -2.37. The van der Waals surface area contributed by atoms with E-state index in [1.54, 1.807) is 0 Å². The van der Waals surface area contributed by atoms with Gasteiger partial charge < -0.3 is 15.0 Å². The molecular weight excluding hydrogens is 216 g/mol. The van der Waals surface area contributed by atoms with Gasteiger partial charge in [-0.3, -0.25) is 4.79 Å². The van der Waals surface area contributed by atoms with Crippen molar-refractivity contribution in [3.8, 4) is 0 Å². The molecule has 1 aliphatic rings. The molecule has 0 atom stereocenters. The first kappa shape index (κ1) is 14.5. The summed E-state index contributed by atoms with van der Waals surface area (Å²) >= 11 is 0. The highest BCUT2D eigenvalue weighted by molar-refractivity contribution is 5.76. The number of rotatable bonds is 8. The van der Waals surface area contributed by atoms with Crippen LogP contribution in [0.1, 0.15) is 39.0 Å². The molecule has 4 nitrogen and oxygen atoms in total. The minimum absolute atomic E-state index is 0.307. The summed E-state index contributed by atoms with van der Waals surface area (Å²) in [6.07, 6.45) is 5.28. The Labute approximate surface area is 105 Å². The smallest absolute Gasteiger partial charge is 0.223 e. The van der Waals surface area contributed by atoms with Crippen LogP contribution in [0.25, 0.3) is 0 Å². The Kier molecular flexibility index (Phi) is 8.01. The van der Waals surface area contributed by atoms with Crippen molar-refractivity contribution < 1.29 is 9.53 Å². The van der Waals surface area contributed by atoms with Gasteiger partial charge in [-0.05, 0) is 39.2 Å². The number of nitrogens with zero attached hydrogens (tertiary/aromatic N) is 1. The van der Waals surface area contributed by atoms with Crippen molar-refractivity contribution in [3.05, 3.63) is 0 Å². The quantitative estimate of drug-likeness (QED) is 0.654. The molecule has 0 radical (unpaired) electrons. The molecule has 17 heavy (non-hydrogen) atoms. The molecule has 1 fully saturated rings. The van der Waals surface area contributed by atoms with Gasteiger partial charge in [-0.1, -0.05) is 0 Å². The summed E-state index contributed by atoms with van der Waals surface area (Å²) in [6.45, 7) is 7.25. The van der Waals surface area contributed by atoms with Gasteiger partial charge >= 0.3 is 0 Å². The fraction of sp³-hybridized carbons (Fsp3) is 0.923. The molecule has 1 rings (SSSR count). The zero-order valence-electron chi connectivity index (χ0n) is 11.0. The van der Waals surface area contributed by atoms with Crippen LogP contribution in [0, 0.1) is 0 Å². The van der Waals surface area contributed by atoms with E-state index >= 15 is 0 Å². The minimum Gasteiger partial charge on any atom is -0.382 e. The summed E-state index contributed by atoms with van der Waals surface area (Å²) in [4.78, 5) is 13.8. The third-order valence-corrected chi connectivity index (χ3v) is 3.07. The van der Waals surface area contributed by atoms with E-state index in [1.165, 1.54) is 19.3 Å². The van der Waals surface area contributed by atoms with Crippen LogP contribution in [0.4, 0.5) is 0 Å². The molecule has 1 saturated heterocycles. The number of ether oxygens (including phenoxy) is 1. The van der Waals surface area contributed by atoms with Gasteiger partial charge in [0.25, 0.3) is 0 Å². The highest BCUT2D eigenvalue weighted by atomic mass is 16.5. The van der Waals surface area contributed by atoms with Crippen molar-refractivity contribution in [2.45, 2.75) is 39.0 Å². The van der Waals surface area contributed by atoms with Crippen molar-refractivity contribution in [3.63, 3.8) is 0 Å². The molecule has 4 heteroatoms. The molecule has 1 N–H and O–H groups in total. The lowest BCUT2D eigenvalue weighted by atomic mass is 10.1. The van der Waals surface area contributed by atoms with Crippen molar-refractivity contribution in [1.82, 2.24) is 10.2 Å². The van der Waals surface area contributed by atoms with Crippen LogP contribution in [0.15, 0.2) is 0 Å². The number of nitrogens with one attached hydrogen (secondary N) is 1. The Morgan fingerprint density at radius 1 is 1.24 bits per heavy atom. The average Bonchev–Trinajstić information content (AvgIpc) is 2.38. The van der Waals surface area contributed by atoms with Crippen LogP contribution in [0.3, 0.4) is 0 Å². The summed E-state index contributed by atoms with van der Waals surface area (Å²) < 4.78 is 5.24. The molecule has 1 heterocycles. The van der Waals surface area contributed by atoms with E-state index in [2.05, 4.69) is 5.32 Å². The number of likely N-dealkylation sites (tertiary alicyclic amines) is 1. The lowest BCUT2D eigenvalue weighted by molar-refractivity contribution is -0.131. The van der Waals surface area contributed by atoms with Crippen molar-refractivity contribution in [2.24, 2.45) is 0 Å². The molecular formula is C13H26N2O2. The fourth-order valence-electron chi connectivity index (χ4n) is 2.07. The minimum atomic E-state index is 0.307. The van der Waals surface area contributed by atoms with Crippen LogP contribution < -0.4 is 5.32 Å². The summed E-state index contributed by atoms with van der Waals surface area (Å²) in [5, 5.41) is 3.29. The standard InChI is InChI=1S/C13H26N2O2/c1-2-17-12-6-8-14-9-7-13(16)15-10-4-3-5-11-15/h14H,2-12H2,1H3. The van der Waals surface area contributed by atoms with Crippen molar-refractivity contribution in [2.75, 3.05) is 39.4 Å². The number of piperidine rings is 1. The van der Waals surface area contributed by atoms with Crippen LogP contribution >= 0.6 is 0 Å². The second-order valence-corrected chi connectivity index (χ2v) is 4.49. The lowest BCUT2D eigenvalue weighted by Gasteiger charge is -2.26. The predicted molar refractivity (Wildman–Crippen MR) is 69.0 cm³/mol. The van der Waals surface area contributed by atoms with Crippen LogP contribution in [-0.2, 0) is 9.53 Å². The Morgan fingerprint density at radius 3 is 2.71 bits per heavy atom. The highest BCUT2D eigenvalue weighted by Crippen LogP contribution is 2.09. The van der Waals surface area contributed by atoms with Gasteiger partial charge in [0.05, 0.1) is 0 Å². The molecule has 0 saturated carbocycles. The first-order valence-electron chi connectivity index (χ1n) is 6.91. The summed E-state index contributed by atoms with van der Waals surface area (Å²) in [5.74, 6) is 0.307. The SMILES string of the molecule is CCOCCCNCCC(=O)N1CCCCC1. The van der Waals surface area contributed by atoms with Crippen molar-refractivity contribution >= 4 is 5.91 Å². The topological polar surface area (TPSA) is 41.6 Å². The zero-order valence-corrected chi connectivity index (χ0v) is 11.0. The van der Waals surface area contributed by atoms with E-state index in [9.17, 15) is 4.79 Å². The van der Waals surface area contributed by atoms with E-state index in [0.29, 0.717) is 12.3 Å². The van der Waals surface area contributed by atoms with Crippen LogP contribution in [0.2, 0.25) is 0 Å². The maximum Gasteiger partial charge on any atom is 0.223 e. The van der Waals surface area contributed by atoms with Crippen molar-refractivity contribution in [1.29, 1.82) is 0 Å². The largest absolute Gasteiger partial charge is 0.382 e. The number of hydrogen-bond donors (Lipinski definition) is 1. The number of carbonyl (C=O) groups excluding carboxylic acids is 1. The zero-order chi connectivity index (χ0) is 12.3. The van der Waals surface area contributed by atoms with Gasteiger partial charge in [-0.25, -0.2) is 0 Å². The van der Waals surface area contributed by atoms with Crippen LogP contribution in [-0.4, -0.2) is 50.2 Å². The molecule has 0 spiro atoms. The third-order valence-electron chi connectivity index (χ3n) is 3.07. The second kappa shape index (κ2) is 9.42. The molecule has 0 aromatic rings. The number of hydrogen-bond acceptors (Lipinski definition) is 3. The van der Waals surface area contributed by atoms with E-state index in [-0.39, 0.29) is 0 Å². The predicted octanol–water partition coefficient (Wildman–Crippen LogP) is 1.41. The van der Waals surface area contributed by atoms with E-state index in [1.807, 2.05) is 11.8 Å². The first-order valence-corrected chi connectivity index (χ1v) is 6.91. The summed E-state index contributed by atoms with van der Waals surface area (Å²) in [5.41, 5.74) is 0. The maximum absolute atomic E-state index is 11.8. The number of amides is 1. The fourth-order valence-corrected chi connectivity index (χ4v) is 2.07. The Bertz CT molecular complexity index is 204. The molecule has 100 valence electrons. The van der Waals surface area contributed by atoms with Gasteiger partial charge in [0, 0.05) is 39.3 Å². The second-order valence-electron chi connectivity index (χ2n) is 4.49. The summed E-state index contributed by atoms with van der Waals surface area (Å²) in [6, 6.07) is 0. The molecule has 0 aromatic carbocycles. The van der Waals surface area contributed by atoms with Crippen LogP contribution in [0.5, 0.6) is 0 Å². The van der Waals surface area contributed by atoms with Gasteiger partial charge in [0.2, 0.25) is 5.91 Å². The molecule has 1 aliphatic heterocycles. The monoisotopic (exact) mass is 242 g/mol. The average molecular weight is 242 g/mol. The Hall–Kier alpha value is -0.610. The van der Waals surface area contributed by atoms with Gasteiger partial charge in [-0.2, -0.15) is 0 Å². The molecule has 1 amide bonds. The Morgan fingerprint density at radius 2 is 2.00 bits per heavy atom. The number of carbonyl (C=O) groups is 1. The summed E-state index contributed by atoms with van der Waals surface area (Å²) in [7, 11) is 0. The molecule has 0 bridgehead atoms.